The molecule has 86 valence electrons. The molecule has 1 aromatic rings. The van der Waals surface area contributed by atoms with Crippen molar-refractivity contribution >= 4 is 27.7 Å². The summed E-state index contributed by atoms with van der Waals surface area (Å²) in [6.07, 6.45) is -0.596. The lowest BCUT2D eigenvalue weighted by atomic mass is 10.1. The molecule has 5 heteroatoms. The second kappa shape index (κ2) is 4.13. The maximum atomic E-state index is 12.4. The average Bonchev–Trinajstić information content (AvgIpc) is 2.17. The van der Waals surface area contributed by atoms with Crippen LogP contribution in [0.2, 0.25) is 0 Å². The summed E-state index contributed by atoms with van der Waals surface area (Å²) in [6, 6.07) is 5.34. The summed E-state index contributed by atoms with van der Waals surface area (Å²) in [7, 11) is 0. The second-order valence-corrected chi connectivity index (χ2v) is 4.52. The molecule has 0 bridgehead atoms. The third-order valence-corrected chi connectivity index (χ3v) is 2.82. The van der Waals surface area contributed by atoms with Crippen LogP contribution in [0, 0.1) is 0 Å². The smallest absolute Gasteiger partial charge is 0.358 e. The highest BCUT2D eigenvalue weighted by Crippen LogP contribution is 2.31. The van der Waals surface area contributed by atoms with Crippen molar-refractivity contribution in [2.24, 2.45) is 0 Å². The van der Waals surface area contributed by atoms with Gasteiger partial charge in [-0.1, -0.05) is 34.1 Å². The maximum Gasteiger partial charge on any atom is 0.405 e. The molecule has 0 saturated heterocycles. The fourth-order valence-electron chi connectivity index (χ4n) is 1.70. The number of benzene rings is 1. The maximum absolute atomic E-state index is 12.4. The quantitative estimate of drug-likeness (QED) is 0.760. The van der Waals surface area contributed by atoms with Crippen LogP contribution in [0.1, 0.15) is 5.56 Å². The Morgan fingerprint density at radius 2 is 2.06 bits per heavy atom. The molecule has 0 spiro atoms. The number of hydrogen-bond donors (Lipinski definition) is 0. The number of fused-ring (bicyclic) bond motifs is 1. The van der Waals surface area contributed by atoms with Crippen molar-refractivity contribution in [3.63, 3.8) is 0 Å². The molecule has 0 atom stereocenters. The SMILES string of the molecule is FC(F)(F)CN1CC=Cc2ccc(Br)cc21. The monoisotopic (exact) mass is 291 g/mol. The minimum Gasteiger partial charge on any atom is -0.358 e. The third-order valence-electron chi connectivity index (χ3n) is 2.33. The summed E-state index contributed by atoms with van der Waals surface area (Å²) in [5.41, 5.74) is 1.44. The average molecular weight is 292 g/mol. The van der Waals surface area contributed by atoms with Gasteiger partial charge in [0.1, 0.15) is 6.54 Å². The van der Waals surface area contributed by atoms with Crippen LogP contribution in [0.3, 0.4) is 0 Å². The van der Waals surface area contributed by atoms with Crippen molar-refractivity contribution < 1.29 is 13.2 Å². The van der Waals surface area contributed by atoms with E-state index in [0.717, 1.165) is 10.0 Å². The molecule has 0 amide bonds. The zero-order valence-corrected chi connectivity index (χ0v) is 9.85. The lowest BCUT2D eigenvalue weighted by Crippen LogP contribution is -2.35. The Hall–Kier alpha value is -0.970. The zero-order valence-electron chi connectivity index (χ0n) is 8.26. The van der Waals surface area contributed by atoms with Crippen molar-refractivity contribution in [1.82, 2.24) is 0 Å². The van der Waals surface area contributed by atoms with Gasteiger partial charge in [0.25, 0.3) is 0 Å². The van der Waals surface area contributed by atoms with Gasteiger partial charge < -0.3 is 4.90 Å². The first-order valence-corrected chi connectivity index (χ1v) is 5.53. The van der Waals surface area contributed by atoms with Crippen LogP contribution in [0.4, 0.5) is 18.9 Å². The van der Waals surface area contributed by atoms with E-state index < -0.39 is 12.7 Å². The van der Waals surface area contributed by atoms with E-state index in [4.69, 9.17) is 0 Å². The fraction of sp³-hybridized carbons (Fsp3) is 0.273. The molecule has 0 saturated carbocycles. The van der Waals surface area contributed by atoms with E-state index in [1.54, 1.807) is 18.2 Å². The molecule has 2 rings (SSSR count). The Balaban J connectivity index is 2.32. The van der Waals surface area contributed by atoms with Crippen molar-refractivity contribution in [2.75, 3.05) is 18.0 Å². The Labute approximate surface area is 99.7 Å². The molecule has 1 aliphatic heterocycles. The van der Waals surface area contributed by atoms with Gasteiger partial charge in [0.15, 0.2) is 0 Å². The predicted molar refractivity (Wildman–Crippen MR) is 61.4 cm³/mol. The van der Waals surface area contributed by atoms with Crippen LogP contribution in [0.5, 0.6) is 0 Å². The number of halogens is 4. The summed E-state index contributed by atoms with van der Waals surface area (Å²) in [5, 5.41) is 0. The van der Waals surface area contributed by atoms with Gasteiger partial charge in [-0.15, -0.1) is 0 Å². The summed E-state index contributed by atoms with van der Waals surface area (Å²) in [6.45, 7) is -0.621. The number of nitrogens with zero attached hydrogens (tertiary/aromatic N) is 1. The summed E-state index contributed by atoms with van der Waals surface area (Å²) >= 11 is 3.27. The topological polar surface area (TPSA) is 3.24 Å². The second-order valence-electron chi connectivity index (χ2n) is 3.60. The Morgan fingerprint density at radius 3 is 2.75 bits per heavy atom. The van der Waals surface area contributed by atoms with Gasteiger partial charge in [-0.25, -0.2) is 0 Å². The van der Waals surface area contributed by atoms with E-state index in [1.807, 2.05) is 12.1 Å². The summed E-state index contributed by atoms with van der Waals surface area (Å²) in [4.78, 5) is 1.32. The van der Waals surface area contributed by atoms with Crippen molar-refractivity contribution in [3.05, 3.63) is 34.3 Å². The number of hydrogen-bond acceptors (Lipinski definition) is 1. The van der Waals surface area contributed by atoms with Gasteiger partial charge in [0.2, 0.25) is 0 Å². The van der Waals surface area contributed by atoms with Gasteiger partial charge in [-0.3, -0.25) is 0 Å². The van der Waals surface area contributed by atoms with E-state index in [1.165, 1.54) is 4.90 Å². The molecule has 1 aliphatic rings. The molecule has 0 unspecified atom stereocenters. The summed E-state index contributed by atoms with van der Waals surface area (Å²) in [5.74, 6) is 0. The first-order valence-electron chi connectivity index (χ1n) is 4.73. The fourth-order valence-corrected chi connectivity index (χ4v) is 2.05. The van der Waals surface area contributed by atoms with Crippen LogP contribution < -0.4 is 4.90 Å². The summed E-state index contributed by atoms with van der Waals surface area (Å²) < 4.78 is 37.9. The molecule has 1 nitrogen and oxygen atoms in total. The highest BCUT2D eigenvalue weighted by Gasteiger charge is 2.31. The van der Waals surface area contributed by atoms with E-state index >= 15 is 0 Å². The molecule has 0 aromatic heterocycles. The van der Waals surface area contributed by atoms with Crippen LogP contribution in [0.15, 0.2) is 28.7 Å². The standard InChI is InChI=1S/C11H9BrF3N/c12-9-4-3-8-2-1-5-16(10(8)6-9)7-11(13,14)15/h1-4,6H,5,7H2. The predicted octanol–water partition coefficient (Wildman–Crippen LogP) is 3.84. The number of alkyl halides is 3. The largest absolute Gasteiger partial charge is 0.405 e. The van der Waals surface area contributed by atoms with Gasteiger partial charge in [-0.05, 0) is 17.7 Å². The molecular formula is C11H9BrF3N. The molecule has 16 heavy (non-hydrogen) atoms. The minimum atomic E-state index is -4.18. The van der Waals surface area contributed by atoms with Crippen LogP contribution in [-0.4, -0.2) is 19.3 Å². The highest BCUT2D eigenvalue weighted by atomic mass is 79.9. The normalized spacial score (nSPS) is 15.1. The van der Waals surface area contributed by atoms with Crippen LogP contribution in [0.25, 0.3) is 6.08 Å². The van der Waals surface area contributed by atoms with E-state index in [9.17, 15) is 13.2 Å². The number of rotatable bonds is 1. The van der Waals surface area contributed by atoms with Crippen LogP contribution >= 0.6 is 15.9 Å². The van der Waals surface area contributed by atoms with E-state index in [2.05, 4.69) is 15.9 Å². The molecule has 0 radical (unpaired) electrons. The molecule has 0 aliphatic carbocycles. The van der Waals surface area contributed by atoms with Gasteiger partial charge in [0.05, 0.1) is 0 Å². The molecule has 1 aromatic carbocycles. The first-order chi connectivity index (χ1) is 7.46. The Kier molecular flexibility index (Phi) is 2.97. The molecule has 0 fully saturated rings. The lowest BCUT2D eigenvalue weighted by Gasteiger charge is -2.29. The third kappa shape index (κ3) is 2.58. The Bertz CT molecular complexity index is 426. The minimum absolute atomic E-state index is 0.295. The van der Waals surface area contributed by atoms with Gasteiger partial charge in [-0.2, -0.15) is 13.2 Å². The van der Waals surface area contributed by atoms with E-state index in [0.29, 0.717) is 12.2 Å². The van der Waals surface area contributed by atoms with Crippen molar-refractivity contribution in [2.45, 2.75) is 6.18 Å². The zero-order chi connectivity index (χ0) is 11.8. The van der Waals surface area contributed by atoms with Gasteiger partial charge in [0, 0.05) is 16.7 Å². The number of anilines is 1. The lowest BCUT2D eigenvalue weighted by molar-refractivity contribution is -0.119. The highest BCUT2D eigenvalue weighted by molar-refractivity contribution is 9.10. The van der Waals surface area contributed by atoms with Crippen molar-refractivity contribution in [3.8, 4) is 0 Å². The first kappa shape index (κ1) is 11.5. The Morgan fingerprint density at radius 1 is 1.31 bits per heavy atom. The van der Waals surface area contributed by atoms with Gasteiger partial charge >= 0.3 is 6.18 Å². The van der Waals surface area contributed by atoms with Crippen LogP contribution in [-0.2, 0) is 0 Å². The molecular weight excluding hydrogens is 283 g/mol. The molecule has 0 N–H and O–H groups in total. The molecule has 1 heterocycles. The van der Waals surface area contributed by atoms with E-state index in [-0.39, 0.29) is 0 Å². The van der Waals surface area contributed by atoms with Crippen molar-refractivity contribution in [1.29, 1.82) is 0 Å².